The van der Waals surface area contributed by atoms with Crippen LogP contribution in [0.4, 0.5) is 0 Å². The summed E-state index contributed by atoms with van der Waals surface area (Å²) in [6.45, 7) is 1.61. The zero-order chi connectivity index (χ0) is 16.1. The van der Waals surface area contributed by atoms with Gasteiger partial charge in [0.1, 0.15) is 17.8 Å². The van der Waals surface area contributed by atoms with Gasteiger partial charge in [0.25, 0.3) is 0 Å². The molecule has 2 atom stereocenters. The number of aromatic nitrogens is 3. The smallest absolute Gasteiger partial charge is 0.189 e. The highest BCUT2D eigenvalue weighted by atomic mass is 16.5. The van der Waals surface area contributed by atoms with Crippen LogP contribution in [0.2, 0.25) is 0 Å². The minimum atomic E-state index is 0.0195. The van der Waals surface area contributed by atoms with Crippen molar-refractivity contribution in [3.63, 3.8) is 0 Å². The van der Waals surface area contributed by atoms with Crippen molar-refractivity contribution in [1.82, 2.24) is 20.3 Å². The molecule has 3 rings (SSSR count). The highest BCUT2D eigenvalue weighted by molar-refractivity contribution is 5.78. The number of nitrogens with two attached hydrogens (primary N) is 1. The largest absolute Gasteiger partial charge is 0.377 e. The Kier molecular flexibility index (Phi) is 5.45. The van der Waals surface area contributed by atoms with Gasteiger partial charge >= 0.3 is 0 Å². The summed E-state index contributed by atoms with van der Waals surface area (Å²) >= 11 is 0. The Hall–Kier alpha value is -1.67. The van der Waals surface area contributed by atoms with E-state index in [9.17, 15) is 0 Å². The number of methoxy groups -OCH3 is 1. The molecule has 1 aromatic heterocycles. The molecule has 0 radical (unpaired) electrons. The first-order valence-electron chi connectivity index (χ1n) is 8.34. The molecule has 0 amide bonds. The van der Waals surface area contributed by atoms with Crippen molar-refractivity contribution in [1.29, 1.82) is 0 Å². The SMILES string of the molecule is CO[C@@H]1COC[C@H]1n1cc(CN=C(N)NC2CCCCC2)nn1. The molecule has 2 aliphatic rings. The number of ether oxygens (including phenoxy) is 2. The number of hydrogen-bond donors (Lipinski definition) is 2. The molecule has 0 aromatic carbocycles. The molecule has 1 saturated carbocycles. The van der Waals surface area contributed by atoms with Crippen LogP contribution in [0.15, 0.2) is 11.2 Å². The van der Waals surface area contributed by atoms with Gasteiger partial charge in [0.05, 0.1) is 26.0 Å². The molecule has 1 aliphatic carbocycles. The summed E-state index contributed by atoms with van der Waals surface area (Å²) in [5, 5.41) is 11.6. The number of guanidine groups is 1. The van der Waals surface area contributed by atoms with E-state index >= 15 is 0 Å². The third-order valence-corrected chi connectivity index (χ3v) is 4.57. The number of nitrogens with zero attached hydrogens (tertiary/aromatic N) is 4. The zero-order valence-corrected chi connectivity index (χ0v) is 13.6. The fourth-order valence-corrected chi connectivity index (χ4v) is 3.21. The highest BCUT2D eigenvalue weighted by Crippen LogP contribution is 2.21. The Bertz CT molecular complexity index is 526. The van der Waals surface area contributed by atoms with Crippen molar-refractivity contribution in [3.8, 4) is 0 Å². The Morgan fingerprint density at radius 1 is 1.43 bits per heavy atom. The van der Waals surface area contributed by atoms with Crippen LogP contribution in [-0.4, -0.2) is 53.4 Å². The van der Waals surface area contributed by atoms with Crippen LogP contribution in [0, 0.1) is 0 Å². The fourth-order valence-electron chi connectivity index (χ4n) is 3.21. The topological polar surface area (TPSA) is 99.6 Å². The van der Waals surface area contributed by atoms with E-state index in [1.54, 1.807) is 11.8 Å². The van der Waals surface area contributed by atoms with Gasteiger partial charge in [-0.2, -0.15) is 0 Å². The molecule has 23 heavy (non-hydrogen) atoms. The molecule has 1 aromatic rings. The minimum Gasteiger partial charge on any atom is -0.377 e. The Morgan fingerprint density at radius 3 is 3.04 bits per heavy atom. The summed E-state index contributed by atoms with van der Waals surface area (Å²) in [6, 6.07) is 0.532. The van der Waals surface area contributed by atoms with E-state index in [1.807, 2.05) is 6.20 Å². The van der Waals surface area contributed by atoms with Crippen molar-refractivity contribution in [3.05, 3.63) is 11.9 Å². The van der Waals surface area contributed by atoms with Gasteiger partial charge in [0, 0.05) is 13.2 Å². The minimum absolute atomic E-state index is 0.0195. The quantitative estimate of drug-likeness (QED) is 0.608. The molecule has 3 N–H and O–H groups in total. The van der Waals surface area contributed by atoms with Crippen LogP contribution >= 0.6 is 0 Å². The van der Waals surface area contributed by atoms with E-state index in [0.717, 1.165) is 5.69 Å². The summed E-state index contributed by atoms with van der Waals surface area (Å²) in [4.78, 5) is 4.37. The van der Waals surface area contributed by atoms with Crippen LogP contribution in [0.25, 0.3) is 0 Å². The van der Waals surface area contributed by atoms with Crippen LogP contribution in [-0.2, 0) is 16.0 Å². The van der Waals surface area contributed by atoms with E-state index in [1.165, 1.54) is 32.1 Å². The van der Waals surface area contributed by atoms with E-state index in [4.69, 9.17) is 15.2 Å². The van der Waals surface area contributed by atoms with Crippen LogP contribution in [0.3, 0.4) is 0 Å². The molecule has 1 aliphatic heterocycles. The molecule has 0 spiro atoms. The normalized spacial score (nSPS) is 26.6. The third-order valence-electron chi connectivity index (χ3n) is 4.57. The highest BCUT2D eigenvalue weighted by Gasteiger charge is 2.30. The van der Waals surface area contributed by atoms with E-state index < -0.39 is 0 Å². The van der Waals surface area contributed by atoms with Crippen molar-refractivity contribution in [2.24, 2.45) is 10.7 Å². The van der Waals surface area contributed by atoms with Crippen molar-refractivity contribution in [2.45, 2.75) is 56.8 Å². The summed E-state index contributed by atoms with van der Waals surface area (Å²) in [7, 11) is 1.69. The summed E-state index contributed by atoms with van der Waals surface area (Å²) in [5.74, 6) is 0.491. The molecule has 2 heterocycles. The van der Waals surface area contributed by atoms with Crippen molar-refractivity contribution < 1.29 is 9.47 Å². The maximum atomic E-state index is 5.97. The Balaban J connectivity index is 1.53. The summed E-state index contributed by atoms with van der Waals surface area (Å²) in [5.41, 5.74) is 6.76. The lowest BCUT2D eigenvalue weighted by atomic mass is 9.96. The monoisotopic (exact) mass is 322 g/mol. The number of aliphatic imine (C=N–C) groups is 1. The Labute approximate surface area is 136 Å². The van der Waals surface area contributed by atoms with Crippen LogP contribution < -0.4 is 11.1 Å². The molecular weight excluding hydrogens is 296 g/mol. The molecular formula is C15H26N6O2. The van der Waals surface area contributed by atoms with E-state index in [2.05, 4.69) is 20.6 Å². The van der Waals surface area contributed by atoms with Gasteiger partial charge in [0.2, 0.25) is 0 Å². The number of nitrogens with one attached hydrogen (secondary N) is 1. The standard InChI is InChI=1S/C15H26N6O2/c1-22-14-10-23-9-13(14)21-8-12(19-20-21)7-17-15(16)18-11-5-3-2-4-6-11/h8,11,13-14H,2-7,9-10H2,1H3,(H3,16,17,18)/t13-,14-/m1/s1. The second-order valence-electron chi connectivity index (χ2n) is 6.25. The molecule has 0 bridgehead atoms. The molecule has 1 saturated heterocycles. The third kappa shape index (κ3) is 4.20. The van der Waals surface area contributed by atoms with Gasteiger partial charge in [0.15, 0.2) is 5.96 Å². The van der Waals surface area contributed by atoms with Crippen molar-refractivity contribution in [2.75, 3.05) is 20.3 Å². The molecule has 0 unspecified atom stereocenters. The lowest BCUT2D eigenvalue weighted by molar-refractivity contribution is 0.0661. The van der Waals surface area contributed by atoms with Gasteiger partial charge in [-0.15, -0.1) is 5.10 Å². The Morgan fingerprint density at radius 2 is 2.26 bits per heavy atom. The van der Waals surface area contributed by atoms with Crippen molar-refractivity contribution >= 4 is 5.96 Å². The lowest BCUT2D eigenvalue weighted by Gasteiger charge is -2.23. The number of rotatable bonds is 5. The average Bonchev–Trinajstić information content (AvgIpc) is 3.22. The van der Waals surface area contributed by atoms with Gasteiger partial charge in [-0.3, -0.25) is 0 Å². The van der Waals surface area contributed by atoms with Gasteiger partial charge in [-0.1, -0.05) is 24.5 Å². The summed E-state index contributed by atoms with van der Waals surface area (Å²) < 4.78 is 12.6. The van der Waals surface area contributed by atoms with Gasteiger partial charge in [-0.05, 0) is 12.8 Å². The lowest BCUT2D eigenvalue weighted by Crippen LogP contribution is -2.41. The van der Waals surface area contributed by atoms with Crippen LogP contribution in [0.5, 0.6) is 0 Å². The first kappa shape index (κ1) is 16.2. The maximum Gasteiger partial charge on any atom is 0.189 e. The van der Waals surface area contributed by atoms with Gasteiger partial charge in [-0.25, -0.2) is 9.67 Å². The van der Waals surface area contributed by atoms with Crippen LogP contribution in [0.1, 0.15) is 43.8 Å². The average molecular weight is 322 g/mol. The second kappa shape index (κ2) is 7.74. The fraction of sp³-hybridized carbons (Fsp3) is 0.800. The molecule has 2 fully saturated rings. The number of hydrogen-bond acceptors (Lipinski definition) is 5. The molecule has 8 heteroatoms. The maximum absolute atomic E-state index is 5.97. The molecule has 8 nitrogen and oxygen atoms in total. The summed E-state index contributed by atoms with van der Waals surface area (Å²) in [6.07, 6.45) is 8.12. The first-order valence-corrected chi connectivity index (χ1v) is 8.34. The predicted octanol–water partition coefficient (Wildman–Crippen LogP) is 0.601. The van der Waals surface area contributed by atoms with E-state index in [0.29, 0.717) is 31.8 Å². The van der Waals surface area contributed by atoms with Gasteiger partial charge < -0.3 is 20.5 Å². The second-order valence-corrected chi connectivity index (χ2v) is 6.25. The zero-order valence-electron chi connectivity index (χ0n) is 13.6. The molecule has 128 valence electrons. The predicted molar refractivity (Wildman–Crippen MR) is 86.0 cm³/mol. The first-order chi connectivity index (χ1) is 11.3. The van der Waals surface area contributed by atoms with E-state index in [-0.39, 0.29) is 12.1 Å².